The minimum absolute atomic E-state index is 0.113. The lowest BCUT2D eigenvalue weighted by Crippen LogP contribution is -2.05. The Labute approximate surface area is 132 Å². The van der Waals surface area contributed by atoms with Crippen LogP contribution in [0.1, 0.15) is 21.5 Å². The number of Topliss-reactive ketones (excluding diaryl/α,β-unsaturated/α-hetero) is 1. The van der Waals surface area contributed by atoms with Gasteiger partial charge in [-0.3, -0.25) is 9.78 Å². The Hall–Kier alpha value is -2.00. The van der Waals surface area contributed by atoms with Gasteiger partial charge in [0.15, 0.2) is 5.78 Å². The SMILES string of the molecule is Cc1ccc(Br)c(C(=O)Cc2ccnc3ccccc23)c1. The smallest absolute Gasteiger partial charge is 0.168 e. The third kappa shape index (κ3) is 2.88. The third-order valence-corrected chi connectivity index (χ3v) is 4.20. The molecule has 2 aromatic carbocycles. The van der Waals surface area contributed by atoms with E-state index >= 15 is 0 Å². The zero-order valence-corrected chi connectivity index (χ0v) is 13.2. The topological polar surface area (TPSA) is 30.0 Å². The quantitative estimate of drug-likeness (QED) is 0.645. The summed E-state index contributed by atoms with van der Waals surface area (Å²) in [5, 5.41) is 1.04. The second kappa shape index (κ2) is 5.78. The molecule has 0 N–H and O–H groups in total. The minimum atomic E-state index is 0.113. The Balaban J connectivity index is 1.99. The fraction of sp³-hybridized carbons (Fsp3) is 0.111. The van der Waals surface area contributed by atoms with Gasteiger partial charge in [-0.25, -0.2) is 0 Å². The average Bonchev–Trinajstić information content (AvgIpc) is 2.50. The number of halogens is 1. The van der Waals surface area contributed by atoms with Crippen molar-refractivity contribution in [1.82, 2.24) is 4.98 Å². The third-order valence-electron chi connectivity index (χ3n) is 3.51. The summed E-state index contributed by atoms with van der Waals surface area (Å²) in [6.07, 6.45) is 2.14. The molecule has 0 aliphatic rings. The Morgan fingerprint density at radius 1 is 1.14 bits per heavy atom. The summed E-state index contributed by atoms with van der Waals surface area (Å²) in [4.78, 5) is 16.9. The molecule has 0 amide bonds. The molecule has 0 bridgehead atoms. The highest BCUT2D eigenvalue weighted by molar-refractivity contribution is 9.10. The lowest BCUT2D eigenvalue weighted by atomic mass is 9.99. The van der Waals surface area contributed by atoms with E-state index in [1.54, 1.807) is 6.20 Å². The maximum Gasteiger partial charge on any atom is 0.168 e. The first-order valence-electron chi connectivity index (χ1n) is 6.77. The van der Waals surface area contributed by atoms with Gasteiger partial charge < -0.3 is 0 Å². The standard InChI is InChI=1S/C18H14BrNO/c1-12-6-7-16(19)15(10-12)18(21)11-13-8-9-20-17-5-3-2-4-14(13)17/h2-10H,11H2,1H3. The van der Waals surface area contributed by atoms with Gasteiger partial charge in [-0.2, -0.15) is 0 Å². The number of aromatic nitrogens is 1. The largest absolute Gasteiger partial charge is 0.294 e. The molecule has 3 aromatic rings. The highest BCUT2D eigenvalue weighted by Crippen LogP contribution is 2.22. The second-order valence-electron chi connectivity index (χ2n) is 5.07. The molecular weight excluding hydrogens is 326 g/mol. The fourth-order valence-corrected chi connectivity index (χ4v) is 2.90. The fourth-order valence-electron chi connectivity index (χ4n) is 2.43. The van der Waals surface area contributed by atoms with Crippen LogP contribution in [-0.4, -0.2) is 10.8 Å². The van der Waals surface area contributed by atoms with Crippen molar-refractivity contribution < 1.29 is 4.79 Å². The molecule has 1 aromatic heterocycles. The number of pyridine rings is 1. The van der Waals surface area contributed by atoms with E-state index in [1.807, 2.05) is 55.5 Å². The van der Waals surface area contributed by atoms with E-state index in [-0.39, 0.29) is 5.78 Å². The highest BCUT2D eigenvalue weighted by Gasteiger charge is 2.13. The van der Waals surface area contributed by atoms with Gasteiger partial charge in [0, 0.05) is 28.0 Å². The molecule has 3 rings (SSSR count). The van der Waals surface area contributed by atoms with Crippen molar-refractivity contribution >= 4 is 32.6 Å². The molecule has 0 saturated carbocycles. The van der Waals surface area contributed by atoms with E-state index in [4.69, 9.17) is 0 Å². The van der Waals surface area contributed by atoms with E-state index in [9.17, 15) is 4.79 Å². The van der Waals surface area contributed by atoms with E-state index in [2.05, 4.69) is 20.9 Å². The predicted molar refractivity (Wildman–Crippen MR) is 88.7 cm³/mol. The Bertz CT molecular complexity index is 821. The molecule has 0 saturated heterocycles. The number of aryl methyl sites for hydroxylation is 1. The molecule has 0 aliphatic heterocycles. The van der Waals surface area contributed by atoms with Crippen molar-refractivity contribution in [2.45, 2.75) is 13.3 Å². The van der Waals surface area contributed by atoms with Crippen LogP contribution in [0.3, 0.4) is 0 Å². The number of nitrogens with zero attached hydrogens (tertiary/aromatic N) is 1. The molecule has 2 nitrogen and oxygen atoms in total. The zero-order valence-electron chi connectivity index (χ0n) is 11.6. The number of hydrogen-bond acceptors (Lipinski definition) is 2. The van der Waals surface area contributed by atoms with Crippen LogP contribution in [0.5, 0.6) is 0 Å². The van der Waals surface area contributed by atoms with Crippen LogP contribution >= 0.6 is 15.9 Å². The van der Waals surface area contributed by atoms with Gasteiger partial charge in [0.2, 0.25) is 0 Å². The van der Waals surface area contributed by atoms with Crippen LogP contribution in [0.25, 0.3) is 10.9 Å². The summed E-state index contributed by atoms with van der Waals surface area (Å²) in [7, 11) is 0. The van der Waals surface area contributed by atoms with Gasteiger partial charge >= 0.3 is 0 Å². The van der Waals surface area contributed by atoms with Crippen molar-refractivity contribution in [3.05, 3.63) is 75.9 Å². The minimum Gasteiger partial charge on any atom is -0.294 e. The molecule has 0 radical (unpaired) electrons. The first kappa shape index (κ1) is 14.0. The summed E-state index contributed by atoms with van der Waals surface area (Å²) in [5.41, 5.74) is 3.75. The number of rotatable bonds is 3. The molecule has 0 aliphatic carbocycles. The summed E-state index contributed by atoms with van der Waals surface area (Å²) in [6.45, 7) is 1.99. The molecule has 21 heavy (non-hydrogen) atoms. The van der Waals surface area contributed by atoms with Gasteiger partial charge in [-0.1, -0.05) is 45.8 Å². The van der Waals surface area contributed by atoms with Crippen molar-refractivity contribution in [3.63, 3.8) is 0 Å². The Kier molecular flexibility index (Phi) is 3.84. The Morgan fingerprint density at radius 3 is 2.81 bits per heavy atom. The van der Waals surface area contributed by atoms with Crippen LogP contribution in [-0.2, 0) is 6.42 Å². The lowest BCUT2D eigenvalue weighted by molar-refractivity contribution is 0.0992. The number of para-hydroxylation sites is 1. The predicted octanol–water partition coefficient (Wildman–Crippen LogP) is 4.73. The maximum atomic E-state index is 12.6. The molecule has 0 atom stereocenters. The number of benzene rings is 2. The van der Waals surface area contributed by atoms with Gasteiger partial charge in [-0.05, 0) is 36.8 Å². The maximum absolute atomic E-state index is 12.6. The normalized spacial score (nSPS) is 10.8. The van der Waals surface area contributed by atoms with Crippen LogP contribution < -0.4 is 0 Å². The van der Waals surface area contributed by atoms with Crippen LogP contribution in [0, 0.1) is 6.92 Å². The first-order valence-corrected chi connectivity index (χ1v) is 7.56. The molecule has 3 heteroatoms. The van der Waals surface area contributed by atoms with E-state index in [0.717, 1.165) is 32.1 Å². The molecule has 0 unspecified atom stereocenters. The summed E-state index contributed by atoms with van der Waals surface area (Å²) in [6, 6.07) is 15.7. The first-order chi connectivity index (χ1) is 10.1. The molecule has 0 spiro atoms. The number of hydrogen-bond donors (Lipinski definition) is 0. The molecular formula is C18H14BrNO. The van der Waals surface area contributed by atoms with E-state index in [0.29, 0.717) is 6.42 Å². The zero-order chi connectivity index (χ0) is 14.8. The van der Waals surface area contributed by atoms with Crippen molar-refractivity contribution in [2.24, 2.45) is 0 Å². The lowest BCUT2D eigenvalue weighted by Gasteiger charge is -2.07. The van der Waals surface area contributed by atoms with Gasteiger partial charge in [0.25, 0.3) is 0 Å². The number of carbonyl (C=O) groups is 1. The monoisotopic (exact) mass is 339 g/mol. The number of carbonyl (C=O) groups excluding carboxylic acids is 1. The van der Waals surface area contributed by atoms with Crippen molar-refractivity contribution in [3.8, 4) is 0 Å². The molecule has 0 fully saturated rings. The Morgan fingerprint density at radius 2 is 1.95 bits per heavy atom. The van der Waals surface area contributed by atoms with E-state index < -0.39 is 0 Å². The second-order valence-corrected chi connectivity index (χ2v) is 5.92. The number of ketones is 1. The van der Waals surface area contributed by atoms with Gasteiger partial charge in [0.05, 0.1) is 5.52 Å². The molecule has 104 valence electrons. The average molecular weight is 340 g/mol. The summed E-state index contributed by atoms with van der Waals surface area (Å²) >= 11 is 3.46. The van der Waals surface area contributed by atoms with Gasteiger partial charge in [-0.15, -0.1) is 0 Å². The van der Waals surface area contributed by atoms with Crippen LogP contribution in [0.4, 0.5) is 0 Å². The summed E-state index contributed by atoms with van der Waals surface area (Å²) in [5.74, 6) is 0.113. The number of fused-ring (bicyclic) bond motifs is 1. The summed E-state index contributed by atoms with van der Waals surface area (Å²) < 4.78 is 0.844. The van der Waals surface area contributed by atoms with Gasteiger partial charge in [0.1, 0.15) is 0 Å². The highest BCUT2D eigenvalue weighted by atomic mass is 79.9. The van der Waals surface area contributed by atoms with Crippen molar-refractivity contribution in [2.75, 3.05) is 0 Å². The van der Waals surface area contributed by atoms with E-state index in [1.165, 1.54) is 0 Å². The van der Waals surface area contributed by atoms with Crippen molar-refractivity contribution in [1.29, 1.82) is 0 Å². The van der Waals surface area contributed by atoms with Crippen LogP contribution in [0.15, 0.2) is 59.2 Å². The molecule has 1 heterocycles. The van der Waals surface area contributed by atoms with Crippen LogP contribution in [0.2, 0.25) is 0 Å².